The van der Waals surface area contributed by atoms with Crippen molar-refractivity contribution in [2.24, 2.45) is 5.73 Å². The summed E-state index contributed by atoms with van der Waals surface area (Å²) >= 11 is 0. The first-order chi connectivity index (χ1) is 8.94. The Hall–Kier alpha value is -0.330. The summed E-state index contributed by atoms with van der Waals surface area (Å²) in [4.78, 5) is 4.64. The van der Waals surface area contributed by atoms with Gasteiger partial charge in [-0.2, -0.15) is 13.2 Å². The maximum atomic E-state index is 12.1. The summed E-state index contributed by atoms with van der Waals surface area (Å²) in [5.41, 5.74) is 5.89. The first-order valence-electron chi connectivity index (χ1n) is 7.23. The van der Waals surface area contributed by atoms with Crippen LogP contribution in [0.15, 0.2) is 0 Å². The molecule has 6 heteroatoms. The van der Waals surface area contributed by atoms with Crippen LogP contribution in [0.1, 0.15) is 32.1 Å². The largest absolute Gasteiger partial charge is 0.389 e. The van der Waals surface area contributed by atoms with Crippen LogP contribution in [-0.4, -0.2) is 60.8 Å². The van der Waals surface area contributed by atoms with Crippen molar-refractivity contribution >= 4 is 0 Å². The fourth-order valence-electron chi connectivity index (χ4n) is 3.10. The molecule has 0 aromatic carbocycles. The van der Waals surface area contributed by atoms with Gasteiger partial charge in [0, 0.05) is 25.0 Å². The van der Waals surface area contributed by atoms with E-state index in [2.05, 4.69) is 9.80 Å². The molecule has 0 amide bonds. The second kappa shape index (κ2) is 6.41. The molecule has 2 saturated heterocycles. The Balaban J connectivity index is 1.65. The average molecular weight is 279 g/mol. The number of likely N-dealkylation sites (tertiary alicyclic amines) is 2. The molecule has 0 spiro atoms. The van der Waals surface area contributed by atoms with Crippen molar-refractivity contribution in [3.63, 3.8) is 0 Å². The molecule has 1 unspecified atom stereocenters. The third-order valence-corrected chi connectivity index (χ3v) is 4.27. The predicted molar refractivity (Wildman–Crippen MR) is 68.9 cm³/mol. The van der Waals surface area contributed by atoms with Crippen LogP contribution in [0.4, 0.5) is 13.2 Å². The van der Waals surface area contributed by atoms with Crippen LogP contribution in [-0.2, 0) is 0 Å². The van der Waals surface area contributed by atoms with Crippen LogP contribution < -0.4 is 5.73 Å². The number of nitrogens with two attached hydrogens (primary N) is 1. The monoisotopic (exact) mass is 279 g/mol. The zero-order valence-corrected chi connectivity index (χ0v) is 11.3. The molecule has 0 aromatic rings. The minimum absolute atomic E-state index is 0.223. The third kappa shape index (κ3) is 4.93. The van der Waals surface area contributed by atoms with Gasteiger partial charge in [0.15, 0.2) is 0 Å². The maximum absolute atomic E-state index is 12.1. The second-order valence-electron chi connectivity index (χ2n) is 5.84. The van der Waals surface area contributed by atoms with E-state index < -0.39 is 12.6 Å². The molecule has 2 aliphatic rings. The van der Waals surface area contributed by atoms with Gasteiger partial charge >= 0.3 is 6.18 Å². The number of hydrogen-bond donors (Lipinski definition) is 1. The van der Waals surface area contributed by atoms with E-state index in [-0.39, 0.29) is 6.42 Å². The molecule has 0 saturated carbocycles. The van der Waals surface area contributed by atoms with Crippen molar-refractivity contribution in [1.29, 1.82) is 0 Å². The van der Waals surface area contributed by atoms with Crippen LogP contribution in [0.5, 0.6) is 0 Å². The molecule has 2 heterocycles. The number of alkyl halides is 3. The Kier molecular flexibility index (Phi) is 5.09. The van der Waals surface area contributed by atoms with E-state index in [9.17, 15) is 13.2 Å². The molecule has 0 aromatic heterocycles. The highest BCUT2D eigenvalue weighted by Crippen LogP contribution is 2.23. The van der Waals surface area contributed by atoms with E-state index in [1.54, 1.807) is 0 Å². The van der Waals surface area contributed by atoms with Crippen molar-refractivity contribution in [3.05, 3.63) is 0 Å². The molecule has 2 fully saturated rings. The number of nitrogens with zero attached hydrogens (tertiary/aromatic N) is 2. The Labute approximate surface area is 112 Å². The van der Waals surface area contributed by atoms with E-state index in [0.29, 0.717) is 18.6 Å². The smallest absolute Gasteiger partial charge is 0.328 e. The van der Waals surface area contributed by atoms with Gasteiger partial charge in [0.05, 0.1) is 0 Å². The fraction of sp³-hybridized carbons (Fsp3) is 1.00. The normalized spacial score (nSPS) is 28.1. The molecule has 2 aliphatic heterocycles. The second-order valence-corrected chi connectivity index (χ2v) is 5.84. The van der Waals surface area contributed by atoms with Crippen molar-refractivity contribution in [2.75, 3.05) is 32.7 Å². The van der Waals surface area contributed by atoms with E-state index in [4.69, 9.17) is 5.73 Å². The fourth-order valence-corrected chi connectivity index (χ4v) is 3.10. The van der Waals surface area contributed by atoms with Gasteiger partial charge in [-0.15, -0.1) is 0 Å². The summed E-state index contributed by atoms with van der Waals surface area (Å²) < 4.78 is 36.3. The van der Waals surface area contributed by atoms with Crippen molar-refractivity contribution in [2.45, 2.75) is 50.4 Å². The molecule has 0 bridgehead atoms. The lowest BCUT2D eigenvalue weighted by Gasteiger charge is -2.34. The van der Waals surface area contributed by atoms with Crippen LogP contribution in [0.2, 0.25) is 0 Å². The minimum Gasteiger partial charge on any atom is -0.328 e. The van der Waals surface area contributed by atoms with Gasteiger partial charge in [0.2, 0.25) is 0 Å². The lowest BCUT2D eigenvalue weighted by molar-refractivity contribution is -0.136. The van der Waals surface area contributed by atoms with Crippen LogP contribution in [0.3, 0.4) is 0 Å². The zero-order chi connectivity index (χ0) is 13.9. The highest BCUT2D eigenvalue weighted by molar-refractivity contribution is 4.86. The number of halogens is 3. The Bertz CT molecular complexity index is 275. The summed E-state index contributed by atoms with van der Waals surface area (Å²) in [7, 11) is 0. The van der Waals surface area contributed by atoms with E-state index >= 15 is 0 Å². The minimum atomic E-state index is -4.01. The molecule has 19 heavy (non-hydrogen) atoms. The summed E-state index contributed by atoms with van der Waals surface area (Å²) in [5.74, 6) is 0. The van der Waals surface area contributed by atoms with E-state index in [0.717, 1.165) is 45.4 Å². The number of piperidine rings is 1. The van der Waals surface area contributed by atoms with Crippen molar-refractivity contribution in [1.82, 2.24) is 9.80 Å². The molecular weight excluding hydrogens is 255 g/mol. The molecule has 112 valence electrons. The van der Waals surface area contributed by atoms with Crippen LogP contribution in [0, 0.1) is 0 Å². The highest BCUT2D eigenvalue weighted by Gasteiger charge is 2.31. The Morgan fingerprint density at radius 1 is 1.05 bits per heavy atom. The van der Waals surface area contributed by atoms with E-state index in [1.807, 2.05) is 0 Å². The van der Waals surface area contributed by atoms with Gasteiger partial charge in [0.1, 0.15) is 0 Å². The Morgan fingerprint density at radius 2 is 1.74 bits per heavy atom. The third-order valence-electron chi connectivity index (χ3n) is 4.27. The first kappa shape index (κ1) is 15.1. The summed E-state index contributed by atoms with van der Waals surface area (Å²) in [6, 6.07) is 0.860. The lowest BCUT2D eigenvalue weighted by Crippen LogP contribution is -2.46. The zero-order valence-electron chi connectivity index (χ0n) is 11.3. The predicted octanol–water partition coefficient (Wildman–Crippen LogP) is 1.83. The molecule has 2 N–H and O–H groups in total. The quantitative estimate of drug-likeness (QED) is 0.852. The summed E-state index contributed by atoms with van der Waals surface area (Å²) in [5, 5.41) is 0. The van der Waals surface area contributed by atoms with Gasteiger partial charge in [-0.3, -0.25) is 4.90 Å². The van der Waals surface area contributed by atoms with Crippen LogP contribution >= 0.6 is 0 Å². The number of hydrogen-bond acceptors (Lipinski definition) is 3. The molecular formula is C13H24F3N3. The van der Waals surface area contributed by atoms with Gasteiger partial charge in [-0.05, 0) is 51.9 Å². The topological polar surface area (TPSA) is 32.5 Å². The van der Waals surface area contributed by atoms with Gasteiger partial charge in [-0.25, -0.2) is 0 Å². The SMILES string of the molecule is NC1CCN(C2CCN(CCCC(F)(F)F)C2)CC1. The van der Waals surface area contributed by atoms with Gasteiger partial charge in [-0.1, -0.05) is 0 Å². The van der Waals surface area contributed by atoms with Crippen LogP contribution in [0.25, 0.3) is 0 Å². The summed E-state index contributed by atoms with van der Waals surface area (Å²) in [6.07, 6.45) is -1.27. The standard InChI is InChI=1S/C13H24F3N3/c14-13(15,16)5-1-6-18-7-4-12(10-18)19-8-2-11(17)3-9-19/h11-12H,1-10,17H2. The van der Waals surface area contributed by atoms with Gasteiger partial charge in [0.25, 0.3) is 0 Å². The van der Waals surface area contributed by atoms with Gasteiger partial charge < -0.3 is 10.6 Å². The molecule has 0 radical (unpaired) electrons. The van der Waals surface area contributed by atoms with E-state index in [1.165, 1.54) is 0 Å². The maximum Gasteiger partial charge on any atom is 0.389 e. The number of rotatable bonds is 4. The first-order valence-corrected chi connectivity index (χ1v) is 7.23. The molecule has 2 rings (SSSR count). The summed E-state index contributed by atoms with van der Waals surface area (Å²) in [6.45, 7) is 4.52. The molecule has 0 aliphatic carbocycles. The molecule has 1 atom stereocenters. The van der Waals surface area contributed by atoms with Crippen molar-refractivity contribution < 1.29 is 13.2 Å². The molecule has 3 nitrogen and oxygen atoms in total. The van der Waals surface area contributed by atoms with Crippen molar-refractivity contribution in [3.8, 4) is 0 Å². The Morgan fingerprint density at radius 3 is 2.37 bits per heavy atom. The lowest BCUT2D eigenvalue weighted by atomic mass is 10.0. The highest BCUT2D eigenvalue weighted by atomic mass is 19.4. The average Bonchev–Trinajstić information content (AvgIpc) is 2.77.